The van der Waals surface area contributed by atoms with Crippen molar-refractivity contribution in [2.45, 2.75) is 30.2 Å². The van der Waals surface area contributed by atoms with E-state index in [1.807, 2.05) is 48.5 Å². The molecule has 0 spiro atoms. The fourth-order valence-corrected chi connectivity index (χ4v) is 4.84. The second-order valence-corrected chi connectivity index (χ2v) is 8.98. The number of nitrogens with one attached hydrogen (secondary N) is 2. The van der Waals surface area contributed by atoms with Crippen LogP contribution in [0.5, 0.6) is 0 Å². The molecule has 1 atom stereocenters. The van der Waals surface area contributed by atoms with Gasteiger partial charge < -0.3 is 10.6 Å². The van der Waals surface area contributed by atoms with E-state index < -0.39 is 0 Å². The van der Waals surface area contributed by atoms with Crippen molar-refractivity contribution in [3.8, 4) is 0 Å². The molecule has 160 valence electrons. The Bertz CT molecular complexity index is 1220. The van der Waals surface area contributed by atoms with Gasteiger partial charge in [0, 0.05) is 33.7 Å². The standard InChI is InChI=1S/C27H24N2O2S/c1-32-20-13-10-17(11-14-20)26-25-22(8-5-9-24(25)30)28-23-16-19(12-15-21(23)29-26)27(31)18-6-3-2-4-7-18/h2-4,6-7,10-16,26,28-29H,5,8-9H2,1H3/t26-/m1/s1. The van der Waals surface area contributed by atoms with Gasteiger partial charge in [-0.25, -0.2) is 0 Å². The summed E-state index contributed by atoms with van der Waals surface area (Å²) in [4.78, 5) is 27.2. The Labute approximate surface area is 192 Å². The lowest BCUT2D eigenvalue weighted by Crippen LogP contribution is -2.23. The van der Waals surface area contributed by atoms with Crippen LogP contribution < -0.4 is 10.6 Å². The van der Waals surface area contributed by atoms with Crippen molar-refractivity contribution >= 4 is 34.7 Å². The van der Waals surface area contributed by atoms with E-state index in [2.05, 4.69) is 41.2 Å². The van der Waals surface area contributed by atoms with Crippen LogP contribution in [-0.4, -0.2) is 17.8 Å². The third kappa shape index (κ3) is 3.84. The van der Waals surface area contributed by atoms with Crippen LogP contribution in [0.1, 0.15) is 46.8 Å². The maximum absolute atomic E-state index is 13.0. The number of benzene rings is 3. The minimum Gasteiger partial charge on any atom is -0.372 e. The van der Waals surface area contributed by atoms with Crippen LogP contribution in [0.2, 0.25) is 0 Å². The average molecular weight is 441 g/mol. The summed E-state index contributed by atoms with van der Waals surface area (Å²) in [5, 5.41) is 7.09. The molecule has 2 N–H and O–H groups in total. The second-order valence-electron chi connectivity index (χ2n) is 8.10. The first-order valence-electron chi connectivity index (χ1n) is 10.8. The molecule has 1 aliphatic carbocycles. The van der Waals surface area contributed by atoms with Crippen molar-refractivity contribution in [3.63, 3.8) is 0 Å². The first kappa shape index (κ1) is 20.6. The van der Waals surface area contributed by atoms with E-state index >= 15 is 0 Å². The number of hydrogen-bond donors (Lipinski definition) is 2. The van der Waals surface area contributed by atoms with Gasteiger partial charge in [0.2, 0.25) is 0 Å². The van der Waals surface area contributed by atoms with Gasteiger partial charge in [0.05, 0.1) is 17.4 Å². The maximum Gasteiger partial charge on any atom is 0.193 e. The van der Waals surface area contributed by atoms with Crippen LogP contribution in [0.15, 0.2) is 89.0 Å². The molecule has 0 unspecified atom stereocenters. The van der Waals surface area contributed by atoms with E-state index in [0.717, 1.165) is 41.1 Å². The molecule has 1 heterocycles. The number of hydrogen-bond acceptors (Lipinski definition) is 5. The summed E-state index contributed by atoms with van der Waals surface area (Å²) in [6.45, 7) is 0. The molecule has 0 aromatic heterocycles. The number of thioether (sulfide) groups is 1. The number of anilines is 2. The van der Waals surface area contributed by atoms with Gasteiger partial charge in [-0.15, -0.1) is 11.8 Å². The fourth-order valence-electron chi connectivity index (χ4n) is 4.44. The molecule has 5 rings (SSSR count). The van der Waals surface area contributed by atoms with Gasteiger partial charge in [-0.05, 0) is 55.0 Å². The van der Waals surface area contributed by atoms with Gasteiger partial charge in [-0.2, -0.15) is 0 Å². The number of carbonyl (C=O) groups is 2. The Morgan fingerprint density at radius 1 is 0.906 bits per heavy atom. The Balaban J connectivity index is 1.56. The zero-order chi connectivity index (χ0) is 22.1. The van der Waals surface area contributed by atoms with Gasteiger partial charge in [-0.1, -0.05) is 42.5 Å². The SMILES string of the molecule is CSc1ccc([C@H]2Nc3ccc(C(=O)c4ccccc4)cc3NC3=C2C(=O)CCC3)cc1. The molecule has 2 aliphatic rings. The van der Waals surface area contributed by atoms with Crippen LogP contribution in [0.4, 0.5) is 11.4 Å². The lowest BCUT2D eigenvalue weighted by Gasteiger charge is -2.25. The molecule has 3 aromatic rings. The Morgan fingerprint density at radius 3 is 2.44 bits per heavy atom. The number of ketones is 2. The Kier molecular flexibility index (Phi) is 5.58. The van der Waals surface area contributed by atoms with E-state index in [9.17, 15) is 9.59 Å². The van der Waals surface area contributed by atoms with Crippen molar-refractivity contribution in [1.29, 1.82) is 0 Å². The van der Waals surface area contributed by atoms with Gasteiger partial charge in [0.15, 0.2) is 11.6 Å². The summed E-state index contributed by atoms with van der Waals surface area (Å²) in [6, 6.07) is 23.1. The zero-order valence-electron chi connectivity index (χ0n) is 17.9. The van der Waals surface area contributed by atoms with E-state index in [1.165, 1.54) is 4.90 Å². The third-order valence-corrected chi connectivity index (χ3v) is 6.84. The molecule has 32 heavy (non-hydrogen) atoms. The molecular formula is C27H24N2O2S. The lowest BCUT2D eigenvalue weighted by atomic mass is 9.87. The van der Waals surface area contributed by atoms with Crippen LogP contribution in [-0.2, 0) is 4.79 Å². The van der Waals surface area contributed by atoms with Crippen molar-refractivity contribution in [2.24, 2.45) is 0 Å². The average Bonchev–Trinajstić information content (AvgIpc) is 3.01. The second kappa shape index (κ2) is 8.67. The quantitative estimate of drug-likeness (QED) is 0.372. The Morgan fingerprint density at radius 2 is 1.69 bits per heavy atom. The highest BCUT2D eigenvalue weighted by Gasteiger charge is 2.32. The highest BCUT2D eigenvalue weighted by atomic mass is 32.2. The summed E-state index contributed by atoms with van der Waals surface area (Å²) in [5.74, 6) is 0.163. The number of fused-ring (bicyclic) bond motifs is 1. The number of allylic oxidation sites excluding steroid dienone is 1. The molecule has 0 amide bonds. The summed E-state index contributed by atoms with van der Waals surface area (Å²) < 4.78 is 0. The first-order valence-corrected chi connectivity index (χ1v) is 12.0. The molecule has 0 radical (unpaired) electrons. The zero-order valence-corrected chi connectivity index (χ0v) is 18.7. The summed E-state index contributed by atoms with van der Waals surface area (Å²) >= 11 is 1.70. The van der Waals surface area contributed by atoms with Crippen molar-refractivity contribution in [2.75, 3.05) is 16.9 Å². The molecule has 4 nitrogen and oxygen atoms in total. The van der Waals surface area contributed by atoms with Gasteiger partial charge in [0.25, 0.3) is 0 Å². The molecule has 0 fully saturated rings. The molecular weight excluding hydrogens is 416 g/mol. The molecule has 0 bridgehead atoms. The number of carbonyl (C=O) groups excluding carboxylic acids is 2. The molecule has 0 saturated heterocycles. The predicted octanol–water partition coefficient (Wildman–Crippen LogP) is 6.23. The van der Waals surface area contributed by atoms with Crippen molar-refractivity contribution < 1.29 is 9.59 Å². The molecule has 3 aromatic carbocycles. The van der Waals surface area contributed by atoms with Gasteiger partial charge in [-0.3, -0.25) is 9.59 Å². The van der Waals surface area contributed by atoms with Crippen LogP contribution >= 0.6 is 11.8 Å². The van der Waals surface area contributed by atoms with Gasteiger partial charge >= 0.3 is 0 Å². The van der Waals surface area contributed by atoms with E-state index in [-0.39, 0.29) is 17.6 Å². The first-order chi connectivity index (χ1) is 15.6. The normalized spacial score (nSPS) is 17.5. The monoisotopic (exact) mass is 440 g/mol. The predicted molar refractivity (Wildman–Crippen MR) is 130 cm³/mol. The summed E-state index contributed by atoms with van der Waals surface area (Å²) in [5.41, 5.74) is 5.82. The van der Waals surface area contributed by atoms with Crippen LogP contribution in [0, 0.1) is 0 Å². The smallest absolute Gasteiger partial charge is 0.193 e. The highest BCUT2D eigenvalue weighted by molar-refractivity contribution is 7.98. The number of rotatable bonds is 4. The minimum atomic E-state index is -0.224. The molecule has 1 aliphatic heterocycles. The lowest BCUT2D eigenvalue weighted by molar-refractivity contribution is -0.116. The van der Waals surface area contributed by atoms with Crippen LogP contribution in [0.3, 0.4) is 0 Å². The van der Waals surface area contributed by atoms with Crippen molar-refractivity contribution in [1.82, 2.24) is 0 Å². The van der Waals surface area contributed by atoms with Gasteiger partial charge in [0.1, 0.15) is 0 Å². The van der Waals surface area contributed by atoms with E-state index in [4.69, 9.17) is 0 Å². The minimum absolute atomic E-state index is 0.0161. The number of Topliss-reactive ketones (excluding diaryl/α,β-unsaturated/α-hetero) is 1. The maximum atomic E-state index is 13.0. The van der Waals surface area contributed by atoms with Crippen LogP contribution in [0.25, 0.3) is 0 Å². The van der Waals surface area contributed by atoms with E-state index in [1.54, 1.807) is 11.8 Å². The fraction of sp³-hybridized carbons (Fsp3) is 0.185. The largest absolute Gasteiger partial charge is 0.372 e. The topological polar surface area (TPSA) is 58.2 Å². The summed E-state index contributed by atoms with van der Waals surface area (Å²) in [6.07, 6.45) is 4.27. The van der Waals surface area contributed by atoms with E-state index in [0.29, 0.717) is 17.5 Å². The Hall–Kier alpha value is -3.31. The molecule has 0 saturated carbocycles. The summed E-state index contributed by atoms with van der Waals surface area (Å²) in [7, 11) is 0. The third-order valence-electron chi connectivity index (χ3n) is 6.10. The highest BCUT2D eigenvalue weighted by Crippen LogP contribution is 2.41. The molecule has 5 heteroatoms. The van der Waals surface area contributed by atoms with Crippen molar-refractivity contribution in [3.05, 3.63) is 101 Å².